The van der Waals surface area contributed by atoms with Crippen LogP contribution in [0.1, 0.15) is 20.6 Å². The van der Waals surface area contributed by atoms with Crippen LogP contribution in [-0.4, -0.2) is 19.6 Å². The molecule has 3 nitrogen and oxygen atoms in total. The number of ether oxygens (including phenoxy) is 1. The number of carbonyl (C=O) groups excluding carboxylic acids is 1. The highest BCUT2D eigenvalue weighted by molar-refractivity contribution is 7.12. The first-order valence-corrected chi connectivity index (χ1v) is 7.12. The maximum atomic E-state index is 12.0. The Kier molecular flexibility index (Phi) is 4.82. The molecule has 1 atom stereocenters. The highest BCUT2D eigenvalue weighted by Crippen LogP contribution is 2.24. The average molecular weight is 296 g/mol. The average Bonchev–Trinajstić information content (AvgIpc) is 2.93. The second kappa shape index (κ2) is 6.59. The van der Waals surface area contributed by atoms with Crippen LogP contribution in [-0.2, 0) is 0 Å². The van der Waals surface area contributed by atoms with Gasteiger partial charge in [0.25, 0.3) is 5.91 Å². The van der Waals surface area contributed by atoms with Crippen molar-refractivity contribution in [3.05, 3.63) is 52.2 Å². The van der Waals surface area contributed by atoms with E-state index in [1.54, 1.807) is 13.2 Å². The molecule has 2 rings (SSSR count). The summed E-state index contributed by atoms with van der Waals surface area (Å²) in [6, 6.07) is 11.4. The van der Waals surface area contributed by atoms with Gasteiger partial charge < -0.3 is 10.1 Å². The zero-order valence-corrected chi connectivity index (χ0v) is 12.0. The molecule has 0 aliphatic rings. The van der Waals surface area contributed by atoms with E-state index >= 15 is 0 Å². The lowest BCUT2D eigenvalue weighted by Gasteiger charge is -2.11. The van der Waals surface area contributed by atoms with Crippen LogP contribution < -0.4 is 10.1 Å². The largest absolute Gasteiger partial charge is 0.495 e. The normalized spacial score (nSPS) is 11.9. The van der Waals surface area contributed by atoms with E-state index in [-0.39, 0.29) is 11.3 Å². The molecule has 0 aliphatic carbocycles. The van der Waals surface area contributed by atoms with Crippen molar-refractivity contribution in [3.8, 4) is 5.75 Å². The quantitative estimate of drug-likeness (QED) is 0.858. The number of carbonyl (C=O) groups is 1. The summed E-state index contributed by atoms with van der Waals surface area (Å²) < 4.78 is 5.11. The Hall–Kier alpha value is -1.52. The Morgan fingerprint density at radius 3 is 2.79 bits per heavy atom. The van der Waals surface area contributed by atoms with Gasteiger partial charge in [0.1, 0.15) is 10.6 Å². The lowest BCUT2D eigenvalue weighted by molar-refractivity contribution is 0.0955. The van der Waals surface area contributed by atoms with Crippen molar-refractivity contribution in [2.75, 3.05) is 13.7 Å². The van der Waals surface area contributed by atoms with Crippen LogP contribution in [0.15, 0.2) is 41.8 Å². The van der Waals surface area contributed by atoms with Gasteiger partial charge in [-0.15, -0.1) is 22.9 Å². The first-order chi connectivity index (χ1) is 9.22. The molecule has 0 radical (unpaired) electrons. The number of rotatable bonds is 5. The monoisotopic (exact) mass is 295 g/mol. The number of alkyl halides is 1. The topological polar surface area (TPSA) is 38.3 Å². The second-order valence-corrected chi connectivity index (χ2v) is 5.35. The molecule has 1 heterocycles. The van der Waals surface area contributed by atoms with Gasteiger partial charge in [0.15, 0.2) is 0 Å². The summed E-state index contributed by atoms with van der Waals surface area (Å²) in [7, 11) is 1.55. The van der Waals surface area contributed by atoms with Gasteiger partial charge in [0.2, 0.25) is 0 Å². The van der Waals surface area contributed by atoms with E-state index in [0.717, 1.165) is 5.56 Å². The van der Waals surface area contributed by atoms with E-state index in [4.69, 9.17) is 16.3 Å². The van der Waals surface area contributed by atoms with E-state index in [9.17, 15) is 4.79 Å². The number of methoxy groups -OCH3 is 1. The van der Waals surface area contributed by atoms with Gasteiger partial charge in [0, 0.05) is 6.54 Å². The minimum absolute atomic E-state index is 0.159. The Morgan fingerprint density at radius 2 is 2.11 bits per heavy atom. The maximum absolute atomic E-state index is 12.0. The molecule has 0 bridgehead atoms. The van der Waals surface area contributed by atoms with Crippen LogP contribution in [0.2, 0.25) is 0 Å². The smallest absolute Gasteiger partial charge is 0.265 e. The van der Waals surface area contributed by atoms with Gasteiger partial charge in [-0.05, 0) is 17.0 Å². The molecule has 0 saturated carbocycles. The van der Waals surface area contributed by atoms with Crippen molar-refractivity contribution >= 4 is 28.8 Å². The summed E-state index contributed by atoms with van der Waals surface area (Å²) in [4.78, 5) is 12.6. The number of hydrogen-bond donors (Lipinski definition) is 1. The van der Waals surface area contributed by atoms with Crippen LogP contribution >= 0.6 is 22.9 Å². The molecule has 19 heavy (non-hydrogen) atoms. The number of thiophene rings is 1. The molecule has 1 amide bonds. The van der Waals surface area contributed by atoms with Gasteiger partial charge in [-0.2, -0.15) is 0 Å². The van der Waals surface area contributed by atoms with E-state index < -0.39 is 0 Å². The Labute approximate surface area is 121 Å². The van der Waals surface area contributed by atoms with Gasteiger partial charge in [-0.1, -0.05) is 30.3 Å². The third kappa shape index (κ3) is 3.49. The summed E-state index contributed by atoms with van der Waals surface area (Å²) in [6.07, 6.45) is 0. The van der Waals surface area contributed by atoms with Crippen molar-refractivity contribution in [1.82, 2.24) is 5.32 Å². The van der Waals surface area contributed by atoms with Crippen LogP contribution in [0.5, 0.6) is 5.75 Å². The van der Waals surface area contributed by atoms with Crippen molar-refractivity contribution in [2.24, 2.45) is 0 Å². The Morgan fingerprint density at radius 1 is 1.37 bits per heavy atom. The molecule has 0 aliphatic heterocycles. The van der Waals surface area contributed by atoms with Gasteiger partial charge in [-0.25, -0.2) is 0 Å². The molecule has 1 aromatic carbocycles. The van der Waals surface area contributed by atoms with E-state index in [0.29, 0.717) is 17.2 Å². The number of halogens is 1. The third-order valence-corrected chi connectivity index (χ3v) is 3.96. The summed E-state index contributed by atoms with van der Waals surface area (Å²) in [5, 5.41) is 4.40. The molecule has 1 unspecified atom stereocenters. The number of benzene rings is 1. The molecule has 1 N–H and O–H groups in total. The molecule has 5 heteroatoms. The predicted octanol–water partition coefficient (Wildman–Crippen LogP) is 3.47. The van der Waals surface area contributed by atoms with E-state index in [2.05, 4.69) is 5.32 Å². The molecule has 2 aromatic rings. The second-order valence-electron chi connectivity index (χ2n) is 3.91. The maximum Gasteiger partial charge on any atom is 0.265 e. The highest BCUT2D eigenvalue weighted by atomic mass is 35.5. The minimum Gasteiger partial charge on any atom is -0.495 e. The number of amides is 1. The number of nitrogens with one attached hydrogen (secondary N) is 1. The van der Waals surface area contributed by atoms with Crippen molar-refractivity contribution in [3.63, 3.8) is 0 Å². The zero-order valence-electron chi connectivity index (χ0n) is 10.4. The SMILES string of the molecule is COc1ccsc1C(=O)NCC(Cl)c1ccccc1. The summed E-state index contributed by atoms with van der Waals surface area (Å²) in [5.41, 5.74) is 0.989. The first-order valence-electron chi connectivity index (χ1n) is 5.81. The van der Waals surface area contributed by atoms with Crippen molar-refractivity contribution in [2.45, 2.75) is 5.38 Å². The fourth-order valence-corrected chi connectivity index (χ4v) is 2.66. The lowest BCUT2D eigenvalue weighted by Crippen LogP contribution is -2.26. The molecular formula is C14H14ClNO2S. The fourth-order valence-electron chi connectivity index (χ4n) is 1.67. The summed E-state index contributed by atoms with van der Waals surface area (Å²) in [6.45, 7) is 0.380. The minimum atomic E-state index is -0.240. The molecular weight excluding hydrogens is 282 g/mol. The fraction of sp³-hybridized carbons (Fsp3) is 0.214. The first kappa shape index (κ1) is 13.9. The van der Waals surface area contributed by atoms with Gasteiger partial charge in [-0.3, -0.25) is 4.79 Å². The molecule has 100 valence electrons. The van der Waals surface area contributed by atoms with E-state index in [1.807, 2.05) is 35.7 Å². The lowest BCUT2D eigenvalue weighted by atomic mass is 10.1. The van der Waals surface area contributed by atoms with Crippen molar-refractivity contribution in [1.29, 1.82) is 0 Å². The molecule has 1 aromatic heterocycles. The third-order valence-electron chi connectivity index (χ3n) is 2.66. The number of hydrogen-bond acceptors (Lipinski definition) is 3. The van der Waals surface area contributed by atoms with Gasteiger partial charge >= 0.3 is 0 Å². The zero-order chi connectivity index (χ0) is 13.7. The Bertz CT molecular complexity index is 541. The van der Waals surface area contributed by atoms with E-state index in [1.165, 1.54) is 11.3 Å². The molecule has 0 fully saturated rings. The van der Waals surface area contributed by atoms with Crippen LogP contribution in [0.25, 0.3) is 0 Å². The highest BCUT2D eigenvalue weighted by Gasteiger charge is 2.15. The van der Waals surface area contributed by atoms with Crippen LogP contribution in [0.3, 0.4) is 0 Å². The molecule has 0 spiro atoms. The van der Waals surface area contributed by atoms with Crippen LogP contribution in [0.4, 0.5) is 0 Å². The van der Waals surface area contributed by atoms with Gasteiger partial charge in [0.05, 0.1) is 12.5 Å². The summed E-state index contributed by atoms with van der Waals surface area (Å²) in [5.74, 6) is 0.432. The van der Waals surface area contributed by atoms with Crippen molar-refractivity contribution < 1.29 is 9.53 Å². The summed E-state index contributed by atoms with van der Waals surface area (Å²) >= 11 is 7.59. The predicted molar refractivity (Wildman–Crippen MR) is 78.2 cm³/mol. The standard InChI is InChI=1S/C14H14ClNO2S/c1-18-12-7-8-19-13(12)14(17)16-9-11(15)10-5-3-2-4-6-10/h2-8,11H,9H2,1H3,(H,16,17). The molecule has 0 saturated heterocycles. The Balaban J connectivity index is 1.94. The van der Waals surface area contributed by atoms with Crippen LogP contribution in [0, 0.1) is 0 Å².